The van der Waals surface area contributed by atoms with Gasteiger partial charge in [-0.3, -0.25) is 0 Å². The summed E-state index contributed by atoms with van der Waals surface area (Å²) < 4.78 is 0. The average Bonchev–Trinajstić information content (AvgIpc) is 2.10. The Morgan fingerprint density at radius 2 is 1.77 bits per heavy atom. The standard InChI is InChI=1S/C10H23NO2/c1-8(2)4-5-9(3)11-6-10(13)7-12/h8-13H,4-7H2,1-3H3. The van der Waals surface area contributed by atoms with E-state index in [0.29, 0.717) is 12.6 Å². The maximum absolute atomic E-state index is 9.07. The Balaban J connectivity index is 3.34. The summed E-state index contributed by atoms with van der Waals surface area (Å²) in [5, 5.41) is 20.8. The van der Waals surface area contributed by atoms with Crippen molar-refractivity contribution in [1.29, 1.82) is 0 Å². The molecule has 0 heterocycles. The Morgan fingerprint density at radius 3 is 2.23 bits per heavy atom. The van der Waals surface area contributed by atoms with Crippen LogP contribution in [0.5, 0.6) is 0 Å². The Labute approximate surface area is 81.2 Å². The van der Waals surface area contributed by atoms with Crippen molar-refractivity contribution in [2.24, 2.45) is 5.92 Å². The molecule has 0 aliphatic rings. The third kappa shape index (κ3) is 8.22. The van der Waals surface area contributed by atoms with Crippen molar-refractivity contribution >= 4 is 0 Å². The van der Waals surface area contributed by atoms with Crippen molar-refractivity contribution < 1.29 is 10.2 Å². The highest BCUT2D eigenvalue weighted by Crippen LogP contribution is 2.06. The zero-order valence-corrected chi connectivity index (χ0v) is 8.95. The minimum Gasteiger partial charge on any atom is -0.394 e. The zero-order chi connectivity index (χ0) is 10.3. The van der Waals surface area contributed by atoms with Crippen LogP contribution in [0.4, 0.5) is 0 Å². The molecule has 0 amide bonds. The lowest BCUT2D eigenvalue weighted by molar-refractivity contribution is 0.0919. The minimum atomic E-state index is -0.624. The topological polar surface area (TPSA) is 52.5 Å². The largest absolute Gasteiger partial charge is 0.394 e. The normalized spacial score (nSPS) is 16.2. The number of aliphatic hydroxyl groups excluding tert-OH is 2. The van der Waals surface area contributed by atoms with Crippen LogP contribution in [0.15, 0.2) is 0 Å². The monoisotopic (exact) mass is 189 g/mol. The molecule has 80 valence electrons. The van der Waals surface area contributed by atoms with E-state index in [4.69, 9.17) is 10.2 Å². The fourth-order valence-electron chi connectivity index (χ4n) is 1.09. The van der Waals surface area contributed by atoms with Gasteiger partial charge < -0.3 is 15.5 Å². The molecule has 0 saturated carbocycles. The zero-order valence-electron chi connectivity index (χ0n) is 8.95. The van der Waals surface area contributed by atoms with Gasteiger partial charge in [-0.15, -0.1) is 0 Å². The maximum atomic E-state index is 9.07. The van der Waals surface area contributed by atoms with E-state index in [2.05, 4.69) is 26.1 Å². The molecule has 3 heteroatoms. The molecule has 3 nitrogen and oxygen atoms in total. The summed E-state index contributed by atoms with van der Waals surface area (Å²) in [6, 6.07) is 0.420. The molecular weight excluding hydrogens is 166 g/mol. The van der Waals surface area contributed by atoms with E-state index in [1.165, 1.54) is 6.42 Å². The van der Waals surface area contributed by atoms with Gasteiger partial charge in [0.2, 0.25) is 0 Å². The molecule has 0 saturated heterocycles. The van der Waals surface area contributed by atoms with Crippen molar-refractivity contribution in [3.8, 4) is 0 Å². The van der Waals surface area contributed by atoms with Gasteiger partial charge in [0.15, 0.2) is 0 Å². The van der Waals surface area contributed by atoms with Crippen LogP contribution in [0.25, 0.3) is 0 Å². The Hall–Kier alpha value is -0.120. The Morgan fingerprint density at radius 1 is 1.15 bits per heavy atom. The molecule has 0 aromatic rings. The number of nitrogens with one attached hydrogen (secondary N) is 1. The molecule has 0 fully saturated rings. The van der Waals surface area contributed by atoms with Crippen LogP contribution in [-0.4, -0.2) is 35.5 Å². The van der Waals surface area contributed by atoms with Crippen molar-refractivity contribution in [2.45, 2.75) is 45.8 Å². The van der Waals surface area contributed by atoms with E-state index in [1.807, 2.05) is 0 Å². The Kier molecular flexibility index (Phi) is 7.23. The molecule has 0 spiro atoms. The number of aliphatic hydroxyl groups is 2. The maximum Gasteiger partial charge on any atom is 0.0895 e. The molecule has 0 aliphatic heterocycles. The lowest BCUT2D eigenvalue weighted by atomic mass is 10.0. The van der Waals surface area contributed by atoms with E-state index in [1.54, 1.807) is 0 Å². The van der Waals surface area contributed by atoms with Crippen LogP contribution >= 0.6 is 0 Å². The average molecular weight is 189 g/mol. The lowest BCUT2D eigenvalue weighted by Gasteiger charge is -2.16. The third-order valence-electron chi connectivity index (χ3n) is 2.09. The number of hydrogen-bond acceptors (Lipinski definition) is 3. The number of hydrogen-bond donors (Lipinski definition) is 3. The molecule has 0 rings (SSSR count). The van der Waals surface area contributed by atoms with Gasteiger partial charge in [0.05, 0.1) is 12.7 Å². The summed E-state index contributed by atoms with van der Waals surface area (Å²) in [5.74, 6) is 0.729. The highest BCUT2D eigenvalue weighted by molar-refractivity contribution is 4.65. The summed E-state index contributed by atoms with van der Waals surface area (Å²) in [6.45, 7) is 6.83. The van der Waals surface area contributed by atoms with Crippen molar-refractivity contribution in [1.82, 2.24) is 5.32 Å². The van der Waals surface area contributed by atoms with E-state index in [-0.39, 0.29) is 6.61 Å². The molecule has 0 bridgehead atoms. The van der Waals surface area contributed by atoms with Gasteiger partial charge in [0.1, 0.15) is 0 Å². The molecule has 0 aromatic carbocycles. The molecule has 0 aromatic heterocycles. The SMILES string of the molecule is CC(C)CCC(C)NCC(O)CO. The van der Waals surface area contributed by atoms with Gasteiger partial charge in [-0.05, 0) is 25.7 Å². The summed E-state index contributed by atoms with van der Waals surface area (Å²) >= 11 is 0. The van der Waals surface area contributed by atoms with E-state index in [0.717, 1.165) is 12.3 Å². The van der Waals surface area contributed by atoms with E-state index < -0.39 is 6.10 Å². The molecular formula is C10H23NO2. The van der Waals surface area contributed by atoms with Crippen molar-refractivity contribution in [3.63, 3.8) is 0 Å². The first-order chi connectivity index (χ1) is 6.06. The quantitative estimate of drug-likeness (QED) is 0.554. The second-order valence-electron chi connectivity index (χ2n) is 4.12. The van der Waals surface area contributed by atoms with Gasteiger partial charge in [-0.25, -0.2) is 0 Å². The molecule has 0 aliphatic carbocycles. The fraction of sp³-hybridized carbons (Fsp3) is 1.00. The highest BCUT2D eigenvalue weighted by atomic mass is 16.3. The van der Waals surface area contributed by atoms with Gasteiger partial charge >= 0.3 is 0 Å². The van der Waals surface area contributed by atoms with Crippen molar-refractivity contribution in [3.05, 3.63) is 0 Å². The summed E-state index contributed by atoms with van der Waals surface area (Å²) in [7, 11) is 0. The second kappa shape index (κ2) is 7.30. The fourth-order valence-corrected chi connectivity index (χ4v) is 1.09. The van der Waals surface area contributed by atoms with Crippen molar-refractivity contribution in [2.75, 3.05) is 13.2 Å². The summed E-state index contributed by atoms with van der Waals surface area (Å²) in [6.07, 6.45) is 1.70. The molecule has 13 heavy (non-hydrogen) atoms. The predicted molar refractivity (Wildman–Crippen MR) is 54.6 cm³/mol. The van der Waals surface area contributed by atoms with Crippen LogP contribution < -0.4 is 5.32 Å². The smallest absolute Gasteiger partial charge is 0.0895 e. The second-order valence-corrected chi connectivity index (χ2v) is 4.12. The summed E-state index contributed by atoms with van der Waals surface area (Å²) in [5.41, 5.74) is 0. The summed E-state index contributed by atoms with van der Waals surface area (Å²) in [4.78, 5) is 0. The first-order valence-electron chi connectivity index (χ1n) is 5.08. The van der Waals surface area contributed by atoms with Crippen LogP contribution in [0.1, 0.15) is 33.6 Å². The van der Waals surface area contributed by atoms with Crippen LogP contribution in [0.3, 0.4) is 0 Å². The Bertz CT molecular complexity index is 117. The highest BCUT2D eigenvalue weighted by Gasteiger charge is 2.06. The van der Waals surface area contributed by atoms with Gasteiger partial charge in [-0.1, -0.05) is 13.8 Å². The van der Waals surface area contributed by atoms with Gasteiger partial charge in [0, 0.05) is 12.6 Å². The minimum absolute atomic E-state index is 0.163. The molecule has 2 atom stereocenters. The van der Waals surface area contributed by atoms with Crippen LogP contribution in [0.2, 0.25) is 0 Å². The van der Waals surface area contributed by atoms with Gasteiger partial charge in [-0.2, -0.15) is 0 Å². The van der Waals surface area contributed by atoms with Crippen LogP contribution in [-0.2, 0) is 0 Å². The number of rotatable bonds is 7. The van der Waals surface area contributed by atoms with Gasteiger partial charge in [0.25, 0.3) is 0 Å². The van der Waals surface area contributed by atoms with E-state index >= 15 is 0 Å². The third-order valence-corrected chi connectivity index (χ3v) is 2.09. The van der Waals surface area contributed by atoms with E-state index in [9.17, 15) is 0 Å². The molecule has 0 radical (unpaired) electrons. The van der Waals surface area contributed by atoms with Crippen LogP contribution in [0, 0.1) is 5.92 Å². The lowest BCUT2D eigenvalue weighted by Crippen LogP contribution is -2.35. The predicted octanol–water partition coefficient (Wildman–Crippen LogP) is 0.754. The first kappa shape index (κ1) is 12.9. The molecule has 2 unspecified atom stereocenters. The molecule has 3 N–H and O–H groups in total. The first-order valence-corrected chi connectivity index (χ1v) is 5.08.